The van der Waals surface area contributed by atoms with Gasteiger partial charge in [0.2, 0.25) is 0 Å². The van der Waals surface area contributed by atoms with Crippen molar-refractivity contribution in [3.05, 3.63) is 22.7 Å². The van der Waals surface area contributed by atoms with E-state index in [4.69, 9.17) is 14.7 Å². The summed E-state index contributed by atoms with van der Waals surface area (Å²) in [7, 11) is -1.38. The predicted molar refractivity (Wildman–Crippen MR) is 87.2 cm³/mol. The van der Waals surface area contributed by atoms with E-state index in [0.717, 1.165) is 12.8 Å². The minimum absolute atomic E-state index is 0.116. The Balaban J connectivity index is 1.90. The molecule has 4 N–H and O–H groups in total. The van der Waals surface area contributed by atoms with Crippen molar-refractivity contribution in [2.75, 3.05) is 24.9 Å². The molecule has 130 valence electrons. The Morgan fingerprint density at radius 2 is 2.22 bits per heavy atom. The molecule has 4 unspecified atom stereocenters. The first kappa shape index (κ1) is 16.7. The zero-order chi connectivity index (χ0) is 16.8. The van der Waals surface area contributed by atoms with Gasteiger partial charge in [-0.3, -0.25) is 4.57 Å². The molecule has 0 spiro atoms. The van der Waals surface area contributed by atoms with Crippen LogP contribution in [0.5, 0.6) is 0 Å². The number of hydrogen-bond donors (Lipinski definition) is 3. The maximum absolute atomic E-state index is 12.1. The maximum atomic E-state index is 12.1. The van der Waals surface area contributed by atoms with Crippen LogP contribution in [-0.2, 0) is 8.92 Å². The lowest BCUT2D eigenvalue weighted by Crippen LogP contribution is -2.39. The lowest BCUT2D eigenvalue weighted by Gasteiger charge is -2.36. The van der Waals surface area contributed by atoms with Gasteiger partial charge in [-0.1, -0.05) is 0 Å². The van der Waals surface area contributed by atoms with E-state index in [1.54, 1.807) is 0 Å². The Bertz CT molecular complexity index is 633. The molecule has 0 amide bonds. The Morgan fingerprint density at radius 1 is 1.52 bits per heavy atom. The Morgan fingerprint density at radius 3 is 2.78 bits per heavy atom. The van der Waals surface area contributed by atoms with Crippen molar-refractivity contribution < 1.29 is 19.1 Å². The number of hydrogen-bond acceptors (Lipinski definition) is 7. The fourth-order valence-corrected chi connectivity index (χ4v) is 5.03. The highest BCUT2D eigenvalue weighted by Crippen LogP contribution is 2.59. The zero-order valence-corrected chi connectivity index (χ0v) is 14.0. The summed E-state index contributed by atoms with van der Waals surface area (Å²) in [6.45, 7) is -0.353. The lowest BCUT2D eigenvalue weighted by molar-refractivity contribution is -0.0514. The molecule has 9 heteroatoms. The van der Waals surface area contributed by atoms with Gasteiger partial charge in [-0.15, -0.1) is 10.3 Å². The molecule has 2 fully saturated rings. The van der Waals surface area contributed by atoms with Crippen molar-refractivity contribution in [1.29, 1.82) is 0 Å². The van der Waals surface area contributed by atoms with Gasteiger partial charge < -0.3 is 24.9 Å². The molecule has 3 rings (SSSR count). The fraction of sp³-hybridized carbons (Fsp3) is 0.714. The third-order valence-corrected chi connectivity index (χ3v) is 7.10. The number of rotatable bonds is 5. The molecule has 0 radical (unpaired) electrons. The van der Waals surface area contributed by atoms with Crippen molar-refractivity contribution in [1.82, 2.24) is 9.55 Å². The standard InChI is InChI=1S/C14H23N3O5S/c1-23(2,8-3-4-8)22-12-11(19)9(7-18)21-13(12)17-6-5-10(15)16-14(17)20/h5-6,8-9,11-13,18-19H,3-4,7H2,1-2H3,(H2,15,16,20). The van der Waals surface area contributed by atoms with Crippen LogP contribution in [0.1, 0.15) is 19.1 Å². The highest BCUT2D eigenvalue weighted by atomic mass is 32.3. The first-order valence-electron chi connectivity index (χ1n) is 7.53. The topological polar surface area (TPSA) is 120 Å². The highest BCUT2D eigenvalue weighted by molar-refractivity contribution is 8.29. The van der Waals surface area contributed by atoms with Crippen LogP contribution in [0.4, 0.5) is 5.82 Å². The molecule has 1 saturated heterocycles. The average molecular weight is 345 g/mol. The molecule has 1 aliphatic carbocycles. The van der Waals surface area contributed by atoms with Crippen molar-refractivity contribution in [2.24, 2.45) is 0 Å². The number of nitrogens with two attached hydrogens (primary N) is 1. The summed E-state index contributed by atoms with van der Waals surface area (Å²) in [6.07, 6.45) is 4.40. The van der Waals surface area contributed by atoms with Crippen LogP contribution in [0.3, 0.4) is 0 Å². The SMILES string of the molecule is CS(C)(OC1C(O)C(CO)OC1n1ccc(N)nc1=O)C1CC1. The van der Waals surface area contributed by atoms with E-state index in [1.165, 1.54) is 16.8 Å². The van der Waals surface area contributed by atoms with E-state index < -0.39 is 40.5 Å². The van der Waals surface area contributed by atoms with Crippen LogP contribution in [0, 0.1) is 0 Å². The van der Waals surface area contributed by atoms with Gasteiger partial charge in [-0.2, -0.15) is 4.98 Å². The van der Waals surface area contributed by atoms with E-state index in [0.29, 0.717) is 5.25 Å². The number of nitrogen functional groups attached to an aromatic ring is 1. The lowest BCUT2D eigenvalue weighted by atomic mass is 10.1. The van der Waals surface area contributed by atoms with Crippen LogP contribution < -0.4 is 11.4 Å². The predicted octanol–water partition coefficient (Wildman–Crippen LogP) is -0.397. The van der Waals surface area contributed by atoms with E-state index in [1.807, 2.05) is 12.5 Å². The van der Waals surface area contributed by atoms with E-state index in [-0.39, 0.29) is 12.4 Å². The maximum Gasteiger partial charge on any atom is 0.351 e. The second-order valence-electron chi connectivity index (χ2n) is 6.35. The smallest absolute Gasteiger partial charge is 0.351 e. The van der Waals surface area contributed by atoms with Crippen LogP contribution in [-0.4, -0.2) is 62.4 Å². The van der Waals surface area contributed by atoms with E-state index in [9.17, 15) is 15.0 Å². The van der Waals surface area contributed by atoms with Gasteiger partial charge in [0.15, 0.2) is 6.23 Å². The first-order valence-corrected chi connectivity index (χ1v) is 9.96. The molecule has 1 aliphatic heterocycles. The van der Waals surface area contributed by atoms with Gasteiger partial charge in [-0.05, 0) is 31.4 Å². The van der Waals surface area contributed by atoms with Crippen LogP contribution in [0.2, 0.25) is 0 Å². The van der Waals surface area contributed by atoms with Crippen molar-refractivity contribution in [3.8, 4) is 0 Å². The summed E-state index contributed by atoms with van der Waals surface area (Å²) in [5.74, 6) is 0.116. The summed E-state index contributed by atoms with van der Waals surface area (Å²) < 4.78 is 13.1. The number of anilines is 1. The molecule has 8 nitrogen and oxygen atoms in total. The first-order chi connectivity index (χ1) is 10.8. The molecule has 2 heterocycles. The summed E-state index contributed by atoms with van der Waals surface area (Å²) >= 11 is 0. The number of aliphatic hydroxyl groups excluding tert-OH is 2. The molecule has 1 aromatic rings. The largest absolute Gasteiger partial charge is 0.394 e. The summed E-state index contributed by atoms with van der Waals surface area (Å²) in [5, 5.41) is 20.3. The number of ether oxygens (including phenoxy) is 1. The van der Waals surface area contributed by atoms with Gasteiger partial charge in [0.1, 0.15) is 24.1 Å². The number of aromatic nitrogens is 2. The average Bonchev–Trinajstić information content (AvgIpc) is 3.28. The van der Waals surface area contributed by atoms with Gasteiger partial charge in [0.05, 0.1) is 6.61 Å². The Kier molecular flexibility index (Phi) is 4.41. The molecule has 0 aromatic carbocycles. The monoisotopic (exact) mass is 345 g/mol. The summed E-state index contributed by atoms with van der Waals surface area (Å²) in [6, 6.07) is 1.49. The normalized spacial score (nSPS) is 32.2. The van der Waals surface area contributed by atoms with Gasteiger partial charge in [-0.25, -0.2) is 4.79 Å². The van der Waals surface area contributed by atoms with Crippen molar-refractivity contribution >= 4 is 16.1 Å². The molecular weight excluding hydrogens is 322 g/mol. The minimum atomic E-state index is -1.38. The van der Waals surface area contributed by atoms with Gasteiger partial charge in [0.25, 0.3) is 0 Å². The summed E-state index contributed by atoms with van der Waals surface area (Å²) in [5.41, 5.74) is 4.93. The van der Waals surface area contributed by atoms with Crippen LogP contribution >= 0.6 is 10.3 Å². The molecule has 4 atom stereocenters. The molecule has 1 saturated carbocycles. The van der Waals surface area contributed by atoms with Crippen LogP contribution in [0.15, 0.2) is 17.1 Å². The third kappa shape index (κ3) is 3.24. The molecule has 1 aromatic heterocycles. The van der Waals surface area contributed by atoms with Gasteiger partial charge >= 0.3 is 5.69 Å². The van der Waals surface area contributed by atoms with Crippen LogP contribution in [0.25, 0.3) is 0 Å². The molecule has 2 aliphatic rings. The zero-order valence-electron chi connectivity index (χ0n) is 13.2. The van der Waals surface area contributed by atoms with Crippen molar-refractivity contribution in [3.63, 3.8) is 0 Å². The van der Waals surface area contributed by atoms with E-state index >= 15 is 0 Å². The third-order valence-electron chi connectivity index (χ3n) is 4.30. The van der Waals surface area contributed by atoms with E-state index in [2.05, 4.69) is 4.98 Å². The summed E-state index contributed by atoms with van der Waals surface area (Å²) in [4.78, 5) is 15.8. The second kappa shape index (κ2) is 6.06. The fourth-order valence-electron chi connectivity index (χ4n) is 2.82. The molecule has 0 bridgehead atoms. The minimum Gasteiger partial charge on any atom is -0.394 e. The molecular formula is C14H23N3O5S. The Hall–Kier alpha value is -1.13. The van der Waals surface area contributed by atoms with Gasteiger partial charge in [0, 0.05) is 11.4 Å². The number of nitrogens with zero attached hydrogens (tertiary/aromatic N) is 2. The van der Waals surface area contributed by atoms with Crippen molar-refractivity contribution in [2.45, 2.75) is 42.6 Å². The Labute approximate surface area is 135 Å². The highest BCUT2D eigenvalue weighted by Gasteiger charge is 2.49. The molecule has 23 heavy (non-hydrogen) atoms. The number of aliphatic hydroxyl groups is 2. The second-order valence-corrected chi connectivity index (χ2v) is 9.83. The quantitative estimate of drug-likeness (QED) is 0.664.